The molecule has 0 aromatic heterocycles. The highest BCUT2D eigenvalue weighted by atomic mass is 35.5. The first-order valence-corrected chi connectivity index (χ1v) is 6.37. The molecule has 0 radical (unpaired) electrons. The fourth-order valence-corrected chi connectivity index (χ4v) is 1.78. The van der Waals surface area contributed by atoms with Crippen LogP contribution in [0.15, 0.2) is 29.3 Å². The van der Waals surface area contributed by atoms with Crippen LogP contribution < -0.4 is 11.1 Å². The first-order chi connectivity index (χ1) is 8.69. The Kier molecular flexibility index (Phi) is 6.54. The molecule has 0 aliphatic rings. The Hall–Kier alpha value is -1.26. The second-order valence-electron chi connectivity index (χ2n) is 3.90. The zero-order valence-corrected chi connectivity index (χ0v) is 11.6. The van der Waals surface area contributed by atoms with Gasteiger partial charge in [0.15, 0.2) is 5.96 Å². The fraction of sp³-hybridized carbons (Fsp3) is 0.462. The van der Waals surface area contributed by atoms with Crippen molar-refractivity contribution in [2.45, 2.75) is 19.4 Å². The zero-order chi connectivity index (χ0) is 13.4. The highest BCUT2D eigenvalue weighted by molar-refractivity contribution is 6.31. The molecule has 1 aromatic carbocycles. The molecule has 0 bridgehead atoms. The third kappa shape index (κ3) is 4.55. The van der Waals surface area contributed by atoms with Gasteiger partial charge in [0.25, 0.3) is 0 Å². The van der Waals surface area contributed by atoms with Gasteiger partial charge >= 0.3 is 0 Å². The van der Waals surface area contributed by atoms with Gasteiger partial charge in [0.2, 0.25) is 0 Å². The molecule has 0 fully saturated rings. The second-order valence-corrected chi connectivity index (χ2v) is 4.31. The third-order valence-corrected chi connectivity index (χ3v) is 2.86. The minimum atomic E-state index is -0.180. The van der Waals surface area contributed by atoms with E-state index in [0.717, 1.165) is 18.5 Å². The summed E-state index contributed by atoms with van der Waals surface area (Å²) < 4.78 is 5.40. The van der Waals surface area contributed by atoms with Crippen LogP contribution >= 0.6 is 11.6 Å². The van der Waals surface area contributed by atoms with E-state index >= 15 is 0 Å². The molecule has 0 aliphatic carbocycles. The molecule has 5 heteroatoms. The molecule has 0 aliphatic heterocycles. The number of ether oxygens (including phenoxy) is 1. The summed E-state index contributed by atoms with van der Waals surface area (Å²) in [6.45, 7) is 3.34. The maximum Gasteiger partial charge on any atom is 0.188 e. The normalized spacial score (nSPS) is 13.4. The van der Waals surface area contributed by atoms with Gasteiger partial charge in [-0.1, -0.05) is 36.7 Å². The van der Waals surface area contributed by atoms with E-state index in [1.165, 1.54) is 0 Å². The molecule has 1 aromatic rings. The Morgan fingerprint density at radius 2 is 2.22 bits per heavy atom. The van der Waals surface area contributed by atoms with Gasteiger partial charge in [-0.15, -0.1) is 0 Å². The van der Waals surface area contributed by atoms with Crippen LogP contribution in [0.5, 0.6) is 0 Å². The molecule has 0 saturated heterocycles. The number of methoxy groups -OCH3 is 1. The van der Waals surface area contributed by atoms with Crippen LogP contribution in [0, 0.1) is 0 Å². The van der Waals surface area contributed by atoms with Gasteiger partial charge in [-0.05, 0) is 12.5 Å². The van der Waals surface area contributed by atoms with Crippen LogP contribution in [0.25, 0.3) is 0 Å². The monoisotopic (exact) mass is 269 g/mol. The van der Waals surface area contributed by atoms with Crippen LogP contribution in [0.2, 0.25) is 5.02 Å². The lowest BCUT2D eigenvalue weighted by Crippen LogP contribution is -2.32. The second kappa shape index (κ2) is 7.95. The maximum atomic E-state index is 6.12. The number of hydrogen-bond donors (Lipinski definition) is 2. The first kappa shape index (κ1) is 14.8. The lowest BCUT2D eigenvalue weighted by atomic mass is 10.1. The summed E-state index contributed by atoms with van der Waals surface area (Å²) in [4.78, 5) is 4.25. The third-order valence-electron chi connectivity index (χ3n) is 2.52. The molecular weight excluding hydrogens is 250 g/mol. The first-order valence-electron chi connectivity index (χ1n) is 6.00. The van der Waals surface area contributed by atoms with E-state index in [0.29, 0.717) is 17.5 Å². The van der Waals surface area contributed by atoms with E-state index in [-0.39, 0.29) is 6.10 Å². The summed E-state index contributed by atoms with van der Waals surface area (Å²) in [6.07, 6.45) is 0.828. The van der Waals surface area contributed by atoms with E-state index in [4.69, 9.17) is 22.1 Å². The number of nitrogens with zero attached hydrogens (tertiary/aromatic N) is 1. The highest BCUT2D eigenvalue weighted by Crippen LogP contribution is 2.24. The van der Waals surface area contributed by atoms with Gasteiger partial charge in [0.1, 0.15) is 6.10 Å². The van der Waals surface area contributed by atoms with Crippen molar-refractivity contribution in [3.63, 3.8) is 0 Å². The lowest BCUT2D eigenvalue weighted by Gasteiger charge is -2.15. The number of aliphatic imine (C=N–C) groups is 1. The molecule has 1 unspecified atom stereocenters. The number of nitrogens with one attached hydrogen (secondary N) is 1. The number of benzene rings is 1. The van der Waals surface area contributed by atoms with E-state index in [1.54, 1.807) is 7.11 Å². The molecule has 1 atom stereocenters. The molecule has 4 nitrogen and oxygen atoms in total. The predicted octanol–water partition coefficient (Wildman–Crippen LogP) is 2.34. The summed E-state index contributed by atoms with van der Waals surface area (Å²) in [7, 11) is 1.64. The van der Waals surface area contributed by atoms with E-state index in [9.17, 15) is 0 Å². The van der Waals surface area contributed by atoms with Crippen LogP contribution in [0.3, 0.4) is 0 Å². The summed E-state index contributed by atoms with van der Waals surface area (Å²) in [5.74, 6) is 0.436. The van der Waals surface area contributed by atoms with Crippen molar-refractivity contribution < 1.29 is 4.74 Å². The molecule has 0 spiro atoms. The molecule has 1 rings (SSSR count). The van der Waals surface area contributed by atoms with Gasteiger partial charge in [-0.2, -0.15) is 0 Å². The molecule has 100 valence electrons. The Bertz CT molecular complexity index is 396. The zero-order valence-electron chi connectivity index (χ0n) is 10.8. The predicted molar refractivity (Wildman–Crippen MR) is 76.0 cm³/mol. The van der Waals surface area contributed by atoms with Crippen molar-refractivity contribution in [3.05, 3.63) is 34.9 Å². The number of halogens is 1. The van der Waals surface area contributed by atoms with Gasteiger partial charge < -0.3 is 15.8 Å². The van der Waals surface area contributed by atoms with Crippen molar-refractivity contribution in [1.82, 2.24) is 5.32 Å². The van der Waals surface area contributed by atoms with Gasteiger partial charge in [0.05, 0.1) is 6.54 Å². The van der Waals surface area contributed by atoms with E-state index in [2.05, 4.69) is 17.2 Å². The Morgan fingerprint density at radius 3 is 2.83 bits per heavy atom. The number of hydrogen-bond acceptors (Lipinski definition) is 2. The van der Waals surface area contributed by atoms with Crippen molar-refractivity contribution >= 4 is 17.6 Å². The molecule has 0 heterocycles. The van der Waals surface area contributed by atoms with Crippen LogP contribution in [0.1, 0.15) is 25.0 Å². The van der Waals surface area contributed by atoms with Crippen LogP contribution in [-0.4, -0.2) is 26.2 Å². The number of nitrogens with two attached hydrogens (primary N) is 1. The molecular formula is C13H20ClN3O. The molecule has 0 saturated carbocycles. The van der Waals surface area contributed by atoms with Crippen molar-refractivity contribution in [3.8, 4) is 0 Å². The Labute approximate surface area is 113 Å². The standard InChI is InChI=1S/C13H20ClN3O/c1-3-8-16-13(15)17-9-12(18-2)10-6-4-5-7-11(10)14/h4-7,12H,3,8-9H2,1-2H3,(H3,15,16,17). The topological polar surface area (TPSA) is 59.6 Å². The Morgan fingerprint density at radius 1 is 1.50 bits per heavy atom. The van der Waals surface area contributed by atoms with Crippen molar-refractivity contribution in [2.24, 2.45) is 10.7 Å². The lowest BCUT2D eigenvalue weighted by molar-refractivity contribution is 0.111. The van der Waals surface area contributed by atoms with Gasteiger partial charge in [-0.3, -0.25) is 4.99 Å². The van der Waals surface area contributed by atoms with E-state index < -0.39 is 0 Å². The highest BCUT2D eigenvalue weighted by Gasteiger charge is 2.13. The summed E-state index contributed by atoms with van der Waals surface area (Å²) in [5.41, 5.74) is 6.65. The van der Waals surface area contributed by atoms with Gasteiger partial charge in [0, 0.05) is 24.2 Å². The fourth-order valence-electron chi connectivity index (χ4n) is 1.53. The average Bonchev–Trinajstić information content (AvgIpc) is 2.39. The van der Waals surface area contributed by atoms with Gasteiger partial charge in [-0.25, -0.2) is 0 Å². The van der Waals surface area contributed by atoms with E-state index in [1.807, 2.05) is 24.3 Å². The minimum absolute atomic E-state index is 0.180. The summed E-state index contributed by atoms with van der Waals surface area (Å²) >= 11 is 6.12. The van der Waals surface area contributed by atoms with Crippen LogP contribution in [0.4, 0.5) is 0 Å². The summed E-state index contributed by atoms with van der Waals surface area (Å²) in [5, 5.41) is 3.70. The van der Waals surface area contributed by atoms with Crippen LogP contribution in [-0.2, 0) is 4.74 Å². The summed E-state index contributed by atoms with van der Waals surface area (Å²) in [6, 6.07) is 7.58. The molecule has 18 heavy (non-hydrogen) atoms. The Balaban J connectivity index is 2.65. The molecule has 0 amide bonds. The number of rotatable bonds is 6. The SMILES string of the molecule is CCCNC(N)=NCC(OC)c1ccccc1Cl. The van der Waals surface area contributed by atoms with Crippen molar-refractivity contribution in [1.29, 1.82) is 0 Å². The minimum Gasteiger partial charge on any atom is -0.375 e. The number of guanidine groups is 1. The smallest absolute Gasteiger partial charge is 0.188 e. The average molecular weight is 270 g/mol. The largest absolute Gasteiger partial charge is 0.375 e. The quantitative estimate of drug-likeness (QED) is 0.616. The van der Waals surface area contributed by atoms with Crippen molar-refractivity contribution in [2.75, 3.05) is 20.2 Å². The maximum absolute atomic E-state index is 6.12. The molecule has 3 N–H and O–H groups in total.